The molecule has 2 rings (SSSR count). The summed E-state index contributed by atoms with van der Waals surface area (Å²) in [6.07, 6.45) is 3.88. The Morgan fingerprint density at radius 1 is 1.14 bits per heavy atom. The van der Waals surface area contributed by atoms with Crippen molar-refractivity contribution in [2.45, 2.75) is 33.7 Å². The van der Waals surface area contributed by atoms with Crippen LogP contribution in [0.2, 0.25) is 0 Å². The van der Waals surface area contributed by atoms with E-state index in [2.05, 4.69) is 62.9 Å². The van der Waals surface area contributed by atoms with Crippen LogP contribution in [0.15, 0.2) is 37.4 Å². The molecular weight excluding hydrogens is 270 g/mol. The van der Waals surface area contributed by atoms with Crippen LogP contribution in [0, 0.1) is 19.8 Å². The zero-order chi connectivity index (χ0) is 16.3. The highest BCUT2D eigenvalue weighted by molar-refractivity contribution is 5.77. The second-order valence-corrected chi connectivity index (χ2v) is 6.30. The minimum Gasteiger partial charge on any atom is -0.341 e. The Morgan fingerprint density at radius 2 is 1.73 bits per heavy atom. The third-order valence-corrected chi connectivity index (χ3v) is 4.15. The standard InChI is InChI=1S/C19H27N3/c1-7-9-22(10-8-2)18(13(3)4)19-20-16-11-14(5)15(6)12-17(16)21-19/h7-8,11-13,18H,1-2,9-10H2,3-6H3,(H,20,21). The normalized spacial score (nSPS) is 13.0. The number of nitrogens with zero attached hydrogens (tertiary/aromatic N) is 2. The van der Waals surface area contributed by atoms with E-state index >= 15 is 0 Å². The van der Waals surface area contributed by atoms with Gasteiger partial charge in [-0.3, -0.25) is 4.90 Å². The lowest BCUT2D eigenvalue weighted by Crippen LogP contribution is -2.33. The summed E-state index contributed by atoms with van der Waals surface area (Å²) in [4.78, 5) is 10.7. The van der Waals surface area contributed by atoms with Gasteiger partial charge in [-0.05, 0) is 43.0 Å². The highest BCUT2D eigenvalue weighted by Gasteiger charge is 2.25. The van der Waals surface area contributed by atoms with Crippen molar-refractivity contribution in [2.24, 2.45) is 5.92 Å². The highest BCUT2D eigenvalue weighted by Crippen LogP contribution is 2.29. The van der Waals surface area contributed by atoms with E-state index in [4.69, 9.17) is 4.98 Å². The predicted molar refractivity (Wildman–Crippen MR) is 95.1 cm³/mol. The van der Waals surface area contributed by atoms with E-state index in [1.807, 2.05) is 12.2 Å². The molecule has 2 aromatic rings. The lowest BCUT2D eigenvalue weighted by molar-refractivity contribution is 0.183. The number of imidazole rings is 1. The number of aryl methyl sites for hydroxylation is 2. The van der Waals surface area contributed by atoms with E-state index in [1.165, 1.54) is 11.1 Å². The first-order valence-electron chi connectivity index (χ1n) is 7.90. The predicted octanol–water partition coefficient (Wildman–Crippen LogP) is 4.55. The largest absolute Gasteiger partial charge is 0.341 e. The lowest BCUT2D eigenvalue weighted by Gasteiger charge is -2.31. The summed E-state index contributed by atoms with van der Waals surface area (Å²) in [5.41, 5.74) is 4.72. The van der Waals surface area contributed by atoms with Crippen LogP contribution in [0.1, 0.15) is 36.8 Å². The first-order chi connectivity index (χ1) is 10.5. The quantitative estimate of drug-likeness (QED) is 0.760. The number of aromatic nitrogens is 2. The fourth-order valence-corrected chi connectivity index (χ4v) is 2.97. The first kappa shape index (κ1) is 16.5. The summed E-state index contributed by atoms with van der Waals surface area (Å²) in [6, 6.07) is 4.57. The zero-order valence-corrected chi connectivity index (χ0v) is 14.2. The van der Waals surface area contributed by atoms with Crippen LogP contribution in [0.3, 0.4) is 0 Å². The lowest BCUT2D eigenvalue weighted by atomic mass is 10.0. The molecule has 1 atom stereocenters. The van der Waals surface area contributed by atoms with Crippen molar-refractivity contribution in [1.82, 2.24) is 14.9 Å². The number of hydrogen-bond acceptors (Lipinski definition) is 2. The molecule has 0 bridgehead atoms. The Morgan fingerprint density at radius 3 is 2.27 bits per heavy atom. The molecule has 1 aromatic heterocycles. The van der Waals surface area contributed by atoms with E-state index in [0.717, 1.165) is 29.9 Å². The SMILES string of the molecule is C=CCN(CC=C)C(c1nc2cc(C)c(C)cc2[nH]1)C(C)C. The molecule has 3 heteroatoms. The molecule has 3 nitrogen and oxygen atoms in total. The molecule has 1 heterocycles. The van der Waals surface area contributed by atoms with Gasteiger partial charge in [0.1, 0.15) is 5.82 Å². The maximum atomic E-state index is 4.86. The summed E-state index contributed by atoms with van der Waals surface area (Å²) >= 11 is 0. The zero-order valence-electron chi connectivity index (χ0n) is 14.2. The molecule has 0 fully saturated rings. The van der Waals surface area contributed by atoms with E-state index < -0.39 is 0 Å². The number of fused-ring (bicyclic) bond motifs is 1. The molecule has 0 saturated carbocycles. The summed E-state index contributed by atoms with van der Waals surface area (Å²) in [5.74, 6) is 1.47. The molecule has 1 aromatic carbocycles. The van der Waals surface area contributed by atoms with Gasteiger partial charge in [0.15, 0.2) is 0 Å². The van der Waals surface area contributed by atoms with Crippen LogP contribution >= 0.6 is 0 Å². The van der Waals surface area contributed by atoms with Crippen LogP contribution in [0.25, 0.3) is 11.0 Å². The maximum absolute atomic E-state index is 4.86. The smallest absolute Gasteiger partial charge is 0.124 e. The van der Waals surface area contributed by atoms with Crippen molar-refractivity contribution < 1.29 is 0 Å². The Labute approximate surface area is 133 Å². The maximum Gasteiger partial charge on any atom is 0.124 e. The molecule has 0 radical (unpaired) electrons. The van der Waals surface area contributed by atoms with Crippen LogP contribution in [0.5, 0.6) is 0 Å². The van der Waals surface area contributed by atoms with Gasteiger partial charge < -0.3 is 4.98 Å². The van der Waals surface area contributed by atoms with E-state index in [9.17, 15) is 0 Å². The molecule has 1 unspecified atom stereocenters. The van der Waals surface area contributed by atoms with Crippen LogP contribution in [-0.4, -0.2) is 28.0 Å². The monoisotopic (exact) mass is 297 g/mol. The molecule has 22 heavy (non-hydrogen) atoms. The summed E-state index contributed by atoms with van der Waals surface area (Å²) in [6.45, 7) is 18.1. The molecule has 1 N–H and O–H groups in total. The van der Waals surface area contributed by atoms with Gasteiger partial charge in [0.05, 0.1) is 17.1 Å². The van der Waals surface area contributed by atoms with Gasteiger partial charge in [0.2, 0.25) is 0 Å². The second kappa shape index (κ2) is 6.93. The second-order valence-electron chi connectivity index (χ2n) is 6.30. The van der Waals surface area contributed by atoms with E-state index in [-0.39, 0.29) is 6.04 Å². The summed E-state index contributed by atoms with van der Waals surface area (Å²) in [7, 11) is 0. The minimum absolute atomic E-state index is 0.226. The molecule has 0 aliphatic heterocycles. The number of nitrogens with one attached hydrogen (secondary N) is 1. The van der Waals surface area contributed by atoms with Crippen molar-refractivity contribution in [1.29, 1.82) is 0 Å². The number of H-pyrrole nitrogens is 1. The molecule has 0 aliphatic carbocycles. The molecular formula is C19H27N3. The number of hydrogen-bond donors (Lipinski definition) is 1. The minimum atomic E-state index is 0.226. The van der Waals surface area contributed by atoms with Crippen molar-refractivity contribution in [2.75, 3.05) is 13.1 Å². The van der Waals surface area contributed by atoms with Crippen molar-refractivity contribution in [3.05, 3.63) is 54.4 Å². The third-order valence-electron chi connectivity index (χ3n) is 4.15. The Balaban J connectivity index is 2.47. The van der Waals surface area contributed by atoms with Crippen LogP contribution < -0.4 is 0 Å². The Hall–Kier alpha value is -1.87. The number of aromatic amines is 1. The Kier molecular flexibility index (Phi) is 5.19. The fourth-order valence-electron chi connectivity index (χ4n) is 2.97. The van der Waals surface area contributed by atoms with Crippen LogP contribution in [-0.2, 0) is 0 Å². The van der Waals surface area contributed by atoms with Gasteiger partial charge in [-0.15, -0.1) is 13.2 Å². The molecule has 0 aliphatic rings. The Bertz CT molecular complexity index is 618. The van der Waals surface area contributed by atoms with E-state index in [1.54, 1.807) is 0 Å². The average Bonchev–Trinajstić information content (AvgIpc) is 2.81. The van der Waals surface area contributed by atoms with Crippen molar-refractivity contribution in [3.8, 4) is 0 Å². The highest BCUT2D eigenvalue weighted by atomic mass is 15.2. The average molecular weight is 297 g/mol. The van der Waals surface area contributed by atoms with Gasteiger partial charge in [0.25, 0.3) is 0 Å². The number of rotatable bonds is 7. The van der Waals surface area contributed by atoms with Crippen molar-refractivity contribution in [3.63, 3.8) is 0 Å². The first-order valence-corrected chi connectivity index (χ1v) is 7.90. The van der Waals surface area contributed by atoms with Gasteiger partial charge in [-0.25, -0.2) is 4.98 Å². The number of benzene rings is 1. The molecule has 0 saturated heterocycles. The fraction of sp³-hybridized carbons (Fsp3) is 0.421. The van der Waals surface area contributed by atoms with Crippen LogP contribution in [0.4, 0.5) is 0 Å². The van der Waals surface area contributed by atoms with Gasteiger partial charge in [0, 0.05) is 13.1 Å². The van der Waals surface area contributed by atoms with Gasteiger partial charge in [-0.1, -0.05) is 26.0 Å². The summed E-state index contributed by atoms with van der Waals surface area (Å²) in [5, 5.41) is 0. The topological polar surface area (TPSA) is 31.9 Å². The molecule has 0 spiro atoms. The molecule has 0 amide bonds. The van der Waals surface area contributed by atoms with Gasteiger partial charge in [-0.2, -0.15) is 0 Å². The van der Waals surface area contributed by atoms with E-state index in [0.29, 0.717) is 5.92 Å². The van der Waals surface area contributed by atoms with Gasteiger partial charge >= 0.3 is 0 Å². The molecule has 118 valence electrons. The summed E-state index contributed by atoms with van der Waals surface area (Å²) < 4.78 is 0. The van der Waals surface area contributed by atoms with Crippen molar-refractivity contribution >= 4 is 11.0 Å². The third kappa shape index (κ3) is 3.30.